The number of nitrogen functional groups attached to an aromatic ring is 1. The van der Waals surface area contributed by atoms with E-state index >= 15 is 0 Å². The standard InChI is InChI=1S/C10H17N3O2S/c1-3-6-13-10-5-4-8(7-9(10)11)16(14,15)12-2/h4-5,7,12-13H,3,6,11H2,1-2H3. The summed E-state index contributed by atoms with van der Waals surface area (Å²) in [5.41, 5.74) is 6.95. The highest BCUT2D eigenvalue weighted by molar-refractivity contribution is 7.89. The monoisotopic (exact) mass is 243 g/mol. The van der Waals surface area contributed by atoms with Crippen molar-refractivity contribution in [3.8, 4) is 0 Å². The quantitative estimate of drug-likeness (QED) is 0.674. The van der Waals surface area contributed by atoms with Gasteiger partial charge in [-0.25, -0.2) is 13.1 Å². The summed E-state index contributed by atoms with van der Waals surface area (Å²) in [7, 11) is -2.05. The van der Waals surface area contributed by atoms with E-state index in [4.69, 9.17) is 5.73 Å². The van der Waals surface area contributed by atoms with Crippen LogP contribution in [0.3, 0.4) is 0 Å². The van der Waals surface area contributed by atoms with E-state index in [0.717, 1.165) is 18.7 Å². The summed E-state index contributed by atoms with van der Waals surface area (Å²) in [4.78, 5) is 0.176. The molecule has 0 atom stereocenters. The second kappa shape index (κ2) is 5.18. The molecule has 16 heavy (non-hydrogen) atoms. The van der Waals surface area contributed by atoms with Crippen LogP contribution in [0.5, 0.6) is 0 Å². The number of hydrogen-bond acceptors (Lipinski definition) is 4. The Bertz CT molecular complexity index is 457. The van der Waals surface area contributed by atoms with Gasteiger partial charge in [0.25, 0.3) is 0 Å². The second-order valence-electron chi connectivity index (χ2n) is 3.38. The highest BCUT2D eigenvalue weighted by atomic mass is 32.2. The fourth-order valence-corrected chi connectivity index (χ4v) is 2.01. The van der Waals surface area contributed by atoms with Crippen LogP contribution in [-0.4, -0.2) is 22.0 Å². The number of nitrogens with one attached hydrogen (secondary N) is 2. The van der Waals surface area contributed by atoms with Crippen LogP contribution in [0.4, 0.5) is 11.4 Å². The molecule has 0 aliphatic carbocycles. The fraction of sp³-hybridized carbons (Fsp3) is 0.400. The number of hydrogen-bond donors (Lipinski definition) is 3. The smallest absolute Gasteiger partial charge is 0.240 e. The van der Waals surface area contributed by atoms with Gasteiger partial charge in [0.2, 0.25) is 10.0 Å². The summed E-state index contributed by atoms with van der Waals surface area (Å²) in [5.74, 6) is 0. The first-order chi connectivity index (χ1) is 7.51. The summed E-state index contributed by atoms with van der Waals surface area (Å²) in [5, 5.41) is 3.12. The largest absolute Gasteiger partial charge is 0.397 e. The molecule has 0 heterocycles. The number of anilines is 2. The molecule has 0 saturated carbocycles. The van der Waals surface area contributed by atoms with Crippen molar-refractivity contribution in [2.75, 3.05) is 24.6 Å². The average Bonchev–Trinajstić information content (AvgIpc) is 2.27. The Hall–Kier alpha value is -1.27. The van der Waals surface area contributed by atoms with Gasteiger partial charge in [-0.15, -0.1) is 0 Å². The van der Waals surface area contributed by atoms with Gasteiger partial charge < -0.3 is 11.1 Å². The highest BCUT2D eigenvalue weighted by Gasteiger charge is 2.12. The Labute approximate surface area is 96.1 Å². The molecule has 4 N–H and O–H groups in total. The first kappa shape index (κ1) is 12.8. The van der Waals surface area contributed by atoms with Crippen LogP contribution in [-0.2, 0) is 10.0 Å². The van der Waals surface area contributed by atoms with Crippen molar-refractivity contribution >= 4 is 21.4 Å². The highest BCUT2D eigenvalue weighted by Crippen LogP contribution is 2.22. The van der Waals surface area contributed by atoms with Crippen LogP contribution in [0.1, 0.15) is 13.3 Å². The predicted molar refractivity (Wildman–Crippen MR) is 65.9 cm³/mol. The van der Waals surface area contributed by atoms with Gasteiger partial charge in [-0.1, -0.05) is 6.92 Å². The SMILES string of the molecule is CCCNc1ccc(S(=O)(=O)NC)cc1N. The van der Waals surface area contributed by atoms with Gasteiger partial charge in [0.1, 0.15) is 0 Å². The lowest BCUT2D eigenvalue weighted by molar-refractivity contribution is 0.588. The molecule has 1 aromatic carbocycles. The third kappa shape index (κ3) is 2.86. The molecule has 6 heteroatoms. The number of nitrogens with two attached hydrogens (primary N) is 1. The molecule has 0 radical (unpaired) electrons. The van der Waals surface area contributed by atoms with Crippen LogP contribution in [0.25, 0.3) is 0 Å². The molecule has 5 nitrogen and oxygen atoms in total. The van der Waals surface area contributed by atoms with Crippen LogP contribution in [0, 0.1) is 0 Å². The molecule has 1 aromatic rings. The maximum atomic E-state index is 11.5. The lowest BCUT2D eigenvalue weighted by Crippen LogP contribution is -2.18. The Kier molecular flexibility index (Phi) is 4.14. The van der Waals surface area contributed by atoms with Crippen LogP contribution in [0.2, 0.25) is 0 Å². The number of benzene rings is 1. The van der Waals surface area contributed by atoms with Gasteiger partial charge in [0.05, 0.1) is 16.3 Å². The predicted octanol–water partition coefficient (Wildman–Crippen LogP) is 0.999. The van der Waals surface area contributed by atoms with Crippen LogP contribution in [0.15, 0.2) is 23.1 Å². The normalized spacial score (nSPS) is 11.4. The van der Waals surface area contributed by atoms with E-state index in [-0.39, 0.29) is 4.90 Å². The van der Waals surface area contributed by atoms with Crippen molar-refractivity contribution in [2.24, 2.45) is 0 Å². The molecular weight excluding hydrogens is 226 g/mol. The Balaban J connectivity index is 3.00. The Morgan fingerprint density at radius 3 is 2.56 bits per heavy atom. The molecule has 0 spiro atoms. The van der Waals surface area contributed by atoms with Gasteiger partial charge in [0.15, 0.2) is 0 Å². The van der Waals surface area contributed by atoms with Crippen molar-refractivity contribution in [2.45, 2.75) is 18.2 Å². The number of rotatable bonds is 5. The minimum atomic E-state index is -3.42. The van der Waals surface area contributed by atoms with Crippen molar-refractivity contribution in [3.05, 3.63) is 18.2 Å². The molecule has 0 unspecified atom stereocenters. The zero-order chi connectivity index (χ0) is 12.2. The first-order valence-corrected chi connectivity index (χ1v) is 6.56. The first-order valence-electron chi connectivity index (χ1n) is 5.08. The lowest BCUT2D eigenvalue weighted by Gasteiger charge is -2.10. The van der Waals surface area contributed by atoms with Gasteiger partial charge in [-0.3, -0.25) is 0 Å². The van der Waals surface area contributed by atoms with Gasteiger partial charge in [0, 0.05) is 6.54 Å². The third-order valence-electron chi connectivity index (χ3n) is 2.17. The average molecular weight is 243 g/mol. The van der Waals surface area contributed by atoms with E-state index in [1.165, 1.54) is 19.2 Å². The van der Waals surface area contributed by atoms with Crippen molar-refractivity contribution < 1.29 is 8.42 Å². The zero-order valence-electron chi connectivity index (χ0n) is 9.45. The van der Waals surface area contributed by atoms with Crippen molar-refractivity contribution in [3.63, 3.8) is 0 Å². The van der Waals surface area contributed by atoms with E-state index in [2.05, 4.69) is 10.0 Å². The summed E-state index contributed by atoms with van der Waals surface area (Å²) in [6, 6.07) is 4.65. The van der Waals surface area contributed by atoms with Crippen molar-refractivity contribution in [1.82, 2.24) is 4.72 Å². The maximum absolute atomic E-state index is 11.5. The maximum Gasteiger partial charge on any atom is 0.240 e. The second-order valence-corrected chi connectivity index (χ2v) is 5.27. The summed E-state index contributed by atoms with van der Waals surface area (Å²) < 4.78 is 25.2. The molecule has 90 valence electrons. The molecule has 0 fully saturated rings. The molecule has 0 aromatic heterocycles. The summed E-state index contributed by atoms with van der Waals surface area (Å²) in [6.45, 7) is 2.85. The van der Waals surface area contributed by atoms with E-state index < -0.39 is 10.0 Å². The van der Waals surface area contributed by atoms with Gasteiger partial charge >= 0.3 is 0 Å². The fourth-order valence-electron chi connectivity index (χ4n) is 1.25. The molecule has 1 rings (SSSR count). The van der Waals surface area contributed by atoms with Crippen molar-refractivity contribution in [1.29, 1.82) is 0 Å². The molecule has 0 aliphatic rings. The number of sulfonamides is 1. The summed E-state index contributed by atoms with van der Waals surface area (Å²) >= 11 is 0. The van der Waals surface area contributed by atoms with Crippen LogP contribution >= 0.6 is 0 Å². The van der Waals surface area contributed by atoms with E-state index in [1.807, 2.05) is 6.92 Å². The minimum absolute atomic E-state index is 0.176. The molecule has 0 saturated heterocycles. The molecule has 0 aliphatic heterocycles. The van der Waals surface area contributed by atoms with Gasteiger partial charge in [-0.05, 0) is 31.7 Å². The topological polar surface area (TPSA) is 84.2 Å². The van der Waals surface area contributed by atoms with Crippen LogP contribution < -0.4 is 15.8 Å². The zero-order valence-corrected chi connectivity index (χ0v) is 10.3. The molecule has 0 amide bonds. The van der Waals surface area contributed by atoms with E-state index in [0.29, 0.717) is 5.69 Å². The Morgan fingerprint density at radius 1 is 1.38 bits per heavy atom. The van der Waals surface area contributed by atoms with E-state index in [9.17, 15) is 8.42 Å². The third-order valence-corrected chi connectivity index (χ3v) is 3.58. The minimum Gasteiger partial charge on any atom is -0.397 e. The molecule has 0 bridgehead atoms. The van der Waals surface area contributed by atoms with Gasteiger partial charge in [-0.2, -0.15) is 0 Å². The lowest BCUT2D eigenvalue weighted by atomic mass is 10.2. The van der Waals surface area contributed by atoms with E-state index in [1.54, 1.807) is 6.07 Å². The Morgan fingerprint density at radius 2 is 2.06 bits per heavy atom. The summed E-state index contributed by atoms with van der Waals surface area (Å²) in [6.07, 6.45) is 0.982. The molecular formula is C10H17N3O2S.